The van der Waals surface area contributed by atoms with Crippen molar-refractivity contribution in [3.8, 4) is 5.75 Å². The Bertz CT molecular complexity index is 593. The number of nitrogens with one attached hydrogen (secondary N) is 1. The molecule has 2 saturated heterocycles. The van der Waals surface area contributed by atoms with Gasteiger partial charge < -0.3 is 19.7 Å². The molecular formula is C20H33IN4O2. The third kappa shape index (κ3) is 6.80. The fraction of sp³-hybridized carbons (Fsp3) is 0.650. The first kappa shape index (κ1) is 22.2. The van der Waals surface area contributed by atoms with Gasteiger partial charge in [-0.1, -0.05) is 12.1 Å². The number of hydrogen-bond donors (Lipinski definition) is 1. The summed E-state index contributed by atoms with van der Waals surface area (Å²) in [4.78, 5) is 9.72. The van der Waals surface area contributed by atoms with E-state index < -0.39 is 0 Å². The molecule has 0 saturated carbocycles. The van der Waals surface area contributed by atoms with Gasteiger partial charge >= 0.3 is 0 Å². The predicted octanol–water partition coefficient (Wildman–Crippen LogP) is 2.36. The van der Waals surface area contributed by atoms with Crippen molar-refractivity contribution in [3.05, 3.63) is 29.8 Å². The van der Waals surface area contributed by atoms with Crippen molar-refractivity contribution in [2.45, 2.75) is 26.3 Å². The summed E-state index contributed by atoms with van der Waals surface area (Å²) in [6, 6.07) is 8.77. The second-order valence-corrected chi connectivity index (χ2v) is 6.94. The molecule has 1 aromatic carbocycles. The number of ether oxygens (including phenoxy) is 2. The summed E-state index contributed by atoms with van der Waals surface area (Å²) in [6.07, 6.45) is 1.20. The average molecular weight is 488 g/mol. The lowest BCUT2D eigenvalue weighted by Gasteiger charge is -2.32. The van der Waals surface area contributed by atoms with Gasteiger partial charge in [-0.3, -0.25) is 4.90 Å². The van der Waals surface area contributed by atoms with Gasteiger partial charge in [0.1, 0.15) is 12.4 Å². The first-order valence-electron chi connectivity index (χ1n) is 9.81. The SMILES string of the molecule is CCNC(=NCCOc1cccc(C)c1)N1CCC(N2CCOCC2)C1.I. The minimum absolute atomic E-state index is 0. The highest BCUT2D eigenvalue weighted by Crippen LogP contribution is 2.17. The molecule has 0 radical (unpaired) electrons. The molecule has 1 aromatic rings. The van der Waals surface area contributed by atoms with E-state index in [1.165, 1.54) is 12.0 Å². The van der Waals surface area contributed by atoms with Gasteiger partial charge in [0.05, 0.1) is 19.8 Å². The summed E-state index contributed by atoms with van der Waals surface area (Å²) in [5, 5.41) is 3.43. The zero-order valence-corrected chi connectivity index (χ0v) is 18.9. The number of nitrogens with zero attached hydrogens (tertiary/aromatic N) is 3. The van der Waals surface area contributed by atoms with Crippen molar-refractivity contribution in [2.75, 3.05) is 59.1 Å². The molecule has 2 aliphatic rings. The molecule has 0 spiro atoms. The number of aryl methyl sites for hydroxylation is 1. The third-order valence-electron chi connectivity index (χ3n) is 4.97. The minimum Gasteiger partial charge on any atom is -0.492 e. The molecular weight excluding hydrogens is 455 g/mol. The second kappa shape index (κ2) is 11.7. The largest absolute Gasteiger partial charge is 0.492 e. The molecule has 152 valence electrons. The Balaban J connectivity index is 0.00000261. The summed E-state index contributed by atoms with van der Waals surface area (Å²) in [7, 11) is 0. The van der Waals surface area contributed by atoms with E-state index in [9.17, 15) is 0 Å². The summed E-state index contributed by atoms with van der Waals surface area (Å²) >= 11 is 0. The molecule has 2 heterocycles. The summed E-state index contributed by atoms with van der Waals surface area (Å²) in [5.41, 5.74) is 1.21. The van der Waals surface area contributed by atoms with Gasteiger partial charge in [0.2, 0.25) is 0 Å². The van der Waals surface area contributed by atoms with Crippen LogP contribution >= 0.6 is 24.0 Å². The van der Waals surface area contributed by atoms with E-state index >= 15 is 0 Å². The van der Waals surface area contributed by atoms with Crippen molar-refractivity contribution in [3.63, 3.8) is 0 Å². The Morgan fingerprint density at radius 3 is 2.85 bits per heavy atom. The Labute approximate surface area is 180 Å². The van der Waals surface area contributed by atoms with Crippen molar-refractivity contribution < 1.29 is 9.47 Å². The first-order valence-corrected chi connectivity index (χ1v) is 9.81. The van der Waals surface area contributed by atoms with Crippen LogP contribution in [-0.4, -0.2) is 80.9 Å². The van der Waals surface area contributed by atoms with Crippen LogP contribution in [0.5, 0.6) is 5.75 Å². The molecule has 0 bridgehead atoms. The van der Waals surface area contributed by atoms with E-state index in [0.29, 0.717) is 19.2 Å². The number of rotatable bonds is 6. The first-order chi connectivity index (χ1) is 12.8. The average Bonchev–Trinajstić information content (AvgIpc) is 3.15. The van der Waals surface area contributed by atoms with Crippen LogP contribution in [0.3, 0.4) is 0 Å². The van der Waals surface area contributed by atoms with Crippen molar-refractivity contribution >= 4 is 29.9 Å². The van der Waals surface area contributed by atoms with Crippen molar-refractivity contribution in [1.82, 2.24) is 15.1 Å². The maximum absolute atomic E-state index is 5.82. The van der Waals surface area contributed by atoms with Crippen LogP contribution in [0, 0.1) is 6.92 Å². The molecule has 0 amide bonds. The van der Waals surface area contributed by atoms with E-state index in [-0.39, 0.29) is 24.0 Å². The van der Waals surface area contributed by atoms with E-state index in [2.05, 4.69) is 41.1 Å². The Kier molecular flexibility index (Phi) is 9.64. The molecule has 1 atom stereocenters. The molecule has 6 nitrogen and oxygen atoms in total. The second-order valence-electron chi connectivity index (χ2n) is 6.94. The highest BCUT2D eigenvalue weighted by molar-refractivity contribution is 14.0. The lowest BCUT2D eigenvalue weighted by molar-refractivity contribution is 0.0195. The standard InChI is InChI=1S/C20H32N4O2.HI/c1-3-21-20(22-8-12-26-19-6-4-5-17(2)15-19)24-9-7-18(16-24)23-10-13-25-14-11-23;/h4-6,15,18H,3,7-14,16H2,1-2H3,(H,21,22);1H. The van der Waals surface area contributed by atoms with Crippen LogP contribution in [0.15, 0.2) is 29.3 Å². The maximum atomic E-state index is 5.82. The third-order valence-corrected chi connectivity index (χ3v) is 4.97. The van der Waals surface area contributed by atoms with Crippen LogP contribution in [0.1, 0.15) is 18.9 Å². The molecule has 27 heavy (non-hydrogen) atoms. The topological polar surface area (TPSA) is 49.3 Å². The van der Waals surface area contributed by atoms with E-state index in [1.807, 2.05) is 12.1 Å². The Morgan fingerprint density at radius 1 is 1.30 bits per heavy atom. The fourth-order valence-corrected chi connectivity index (χ4v) is 3.62. The summed E-state index contributed by atoms with van der Waals surface area (Å²) < 4.78 is 11.3. The zero-order chi connectivity index (χ0) is 18.2. The molecule has 1 unspecified atom stereocenters. The Hall–Kier alpha value is -1.06. The smallest absolute Gasteiger partial charge is 0.194 e. The number of aliphatic imine (C=N–C) groups is 1. The molecule has 2 aliphatic heterocycles. The van der Waals surface area contributed by atoms with Gasteiger partial charge in [0, 0.05) is 38.8 Å². The minimum atomic E-state index is 0. The van der Waals surface area contributed by atoms with E-state index in [0.717, 1.165) is 57.6 Å². The normalized spacial score (nSPS) is 21.0. The van der Waals surface area contributed by atoms with Gasteiger partial charge in [-0.2, -0.15) is 0 Å². The summed E-state index contributed by atoms with van der Waals surface area (Å²) in [6.45, 7) is 12.3. The predicted molar refractivity (Wildman–Crippen MR) is 120 cm³/mol. The number of benzene rings is 1. The van der Waals surface area contributed by atoms with Gasteiger partial charge in [0.15, 0.2) is 5.96 Å². The molecule has 0 aromatic heterocycles. The molecule has 0 aliphatic carbocycles. The maximum Gasteiger partial charge on any atom is 0.194 e. The van der Waals surface area contributed by atoms with Crippen molar-refractivity contribution in [1.29, 1.82) is 0 Å². The highest BCUT2D eigenvalue weighted by Gasteiger charge is 2.30. The number of guanidine groups is 1. The van der Waals surface area contributed by atoms with E-state index in [4.69, 9.17) is 14.5 Å². The molecule has 7 heteroatoms. The lowest BCUT2D eigenvalue weighted by Crippen LogP contribution is -2.46. The Morgan fingerprint density at radius 2 is 2.11 bits per heavy atom. The van der Waals surface area contributed by atoms with Crippen LogP contribution < -0.4 is 10.1 Å². The van der Waals surface area contributed by atoms with Gasteiger partial charge in [-0.25, -0.2) is 4.99 Å². The van der Waals surface area contributed by atoms with Crippen LogP contribution in [0.25, 0.3) is 0 Å². The van der Waals surface area contributed by atoms with Gasteiger partial charge in [0.25, 0.3) is 0 Å². The number of halogens is 1. The van der Waals surface area contributed by atoms with E-state index in [1.54, 1.807) is 0 Å². The van der Waals surface area contributed by atoms with Gasteiger partial charge in [-0.15, -0.1) is 24.0 Å². The van der Waals surface area contributed by atoms with Crippen LogP contribution in [0.2, 0.25) is 0 Å². The lowest BCUT2D eigenvalue weighted by atomic mass is 10.2. The monoisotopic (exact) mass is 488 g/mol. The summed E-state index contributed by atoms with van der Waals surface area (Å²) in [5.74, 6) is 1.93. The quantitative estimate of drug-likeness (QED) is 0.289. The molecule has 2 fully saturated rings. The van der Waals surface area contributed by atoms with Gasteiger partial charge in [-0.05, 0) is 38.0 Å². The zero-order valence-electron chi connectivity index (χ0n) is 16.5. The number of hydrogen-bond acceptors (Lipinski definition) is 4. The van der Waals surface area contributed by atoms with Crippen LogP contribution in [0.4, 0.5) is 0 Å². The van der Waals surface area contributed by atoms with Crippen LogP contribution in [-0.2, 0) is 4.74 Å². The highest BCUT2D eigenvalue weighted by atomic mass is 127. The molecule has 3 rings (SSSR count). The number of morpholine rings is 1. The number of likely N-dealkylation sites (tertiary alicyclic amines) is 1. The fourth-order valence-electron chi connectivity index (χ4n) is 3.62. The van der Waals surface area contributed by atoms with Crippen molar-refractivity contribution in [2.24, 2.45) is 4.99 Å². The molecule has 1 N–H and O–H groups in total.